The summed E-state index contributed by atoms with van der Waals surface area (Å²) < 4.78 is 0. The van der Waals surface area contributed by atoms with Gasteiger partial charge in [0.05, 0.1) is 0 Å². The fourth-order valence-electron chi connectivity index (χ4n) is 1.05. The van der Waals surface area contributed by atoms with Crippen LogP contribution in [-0.4, -0.2) is 50.4 Å². The minimum Gasteiger partial charge on any atom is -0.348 e. The van der Waals surface area contributed by atoms with E-state index in [0.29, 0.717) is 19.0 Å². The molecule has 2 N–H and O–H groups in total. The number of amides is 2. The van der Waals surface area contributed by atoms with E-state index in [0.717, 1.165) is 13.0 Å². The Hall–Kier alpha value is -1.10. The number of nitrogens with zero attached hydrogens (tertiary/aromatic N) is 1. The summed E-state index contributed by atoms with van der Waals surface area (Å²) in [5, 5.41) is 5.15. The summed E-state index contributed by atoms with van der Waals surface area (Å²) in [5.74, 6) is -0.733. The highest BCUT2D eigenvalue weighted by atomic mass is 16.2. The molecule has 0 spiro atoms. The van der Waals surface area contributed by atoms with Crippen molar-refractivity contribution in [3.63, 3.8) is 0 Å². The quantitative estimate of drug-likeness (QED) is 0.491. The van der Waals surface area contributed by atoms with Crippen molar-refractivity contribution in [1.29, 1.82) is 0 Å². The topological polar surface area (TPSA) is 61.4 Å². The summed E-state index contributed by atoms with van der Waals surface area (Å²) in [4.78, 5) is 24.5. The van der Waals surface area contributed by atoms with Gasteiger partial charge < -0.3 is 15.5 Å². The second kappa shape index (κ2) is 8.10. The molecule has 0 aromatic carbocycles. The number of carbonyl (C=O) groups excluding carboxylic acids is 2. The number of carbonyl (C=O) groups is 2. The normalized spacial score (nSPS) is 10.6. The lowest BCUT2D eigenvalue weighted by molar-refractivity contribution is -0.139. The number of hydrogen-bond donors (Lipinski definition) is 2. The molecule has 0 rings (SSSR count). The Bertz CT molecular complexity index is 227. The van der Waals surface area contributed by atoms with Crippen LogP contribution in [0.2, 0.25) is 0 Å². The average molecular weight is 229 g/mol. The van der Waals surface area contributed by atoms with Crippen LogP contribution < -0.4 is 10.6 Å². The molecule has 94 valence electrons. The second-order valence-corrected chi connectivity index (χ2v) is 4.52. The molecule has 0 heterocycles. The van der Waals surface area contributed by atoms with Crippen LogP contribution in [0.25, 0.3) is 0 Å². The Labute approximate surface area is 97.6 Å². The third kappa shape index (κ3) is 8.23. The zero-order valence-electron chi connectivity index (χ0n) is 10.7. The van der Waals surface area contributed by atoms with Crippen molar-refractivity contribution in [1.82, 2.24) is 15.5 Å². The molecule has 16 heavy (non-hydrogen) atoms. The lowest BCUT2D eigenvalue weighted by Gasteiger charge is -2.10. The maximum absolute atomic E-state index is 11.3. The van der Waals surface area contributed by atoms with Gasteiger partial charge in [-0.25, -0.2) is 0 Å². The van der Waals surface area contributed by atoms with E-state index >= 15 is 0 Å². The highest BCUT2D eigenvalue weighted by Crippen LogP contribution is 1.87. The highest BCUT2D eigenvalue weighted by molar-refractivity contribution is 6.35. The zero-order chi connectivity index (χ0) is 12.6. The van der Waals surface area contributed by atoms with Crippen LogP contribution in [0, 0.1) is 5.92 Å². The van der Waals surface area contributed by atoms with Gasteiger partial charge in [0, 0.05) is 13.1 Å². The van der Waals surface area contributed by atoms with Crippen LogP contribution in [-0.2, 0) is 9.59 Å². The lowest BCUT2D eigenvalue weighted by atomic mass is 10.2. The van der Waals surface area contributed by atoms with Gasteiger partial charge >= 0.3 is 11.8 Å². The molecule has 2 amide bonds. The summed E-state index contributed by atoms with van der Waals surface area (Å²) in [6.07, 6.45) is 0.843. The molecule has 0 fully saturated rings. The van der Waals surface area contributed by atoms with E-state index in [-0.39, 0.29) is 0 Å². The highest BCUT2D eigenvalue weighted by Gasteiger charge is 2.12. The Kier molecular flexibility index (Phi) is 7.54. The first-order valence-electron chi connectivity index (χ1n) is 5.64. The molecule has 0 aliphatic carbocycles. The molecular formula is C11H23N3O2. The maximum atomic E-state index is 11.3. The molecule has 0 unspecified atom stereocenters. The van der Waals surface area contributed by atoms with Crippen LogP contribution in [0.3, 0.4) is 0 Å². The second-order valence-electron chi connectivity index (χ2n) is 4.52. The van der Waals surface area contributed by atoms with Crippen molar-refractivity contribution in [2.45, 2.75) is 20.3 Å². The fraction of sp³-hybridized carbons (Fsp3) is 0.818. The SMILES string of the molecule is CC(C)CNC(=O)C(=O)NCCCN(C)C. The van der Waals surface area contributed by atoms with Gasteiger partial charge in [-0.05, 0) is 33.0 Å². The van der Waals surface area contributed by atoms with Crippen LogP contribution in [0.5, 0.6) is 0 Å². The van der Waals surface area contributed by atoms with E-state index in [1.54, 1.807) is 0 Å². The van der Waals surface area contributed by atoms with Gasteiger partial charge in [0.1, 0.15) is 0 Å². The first-order valence-corrected chi connectivity index (χ1v) is 5.64. The van der Waals surface area contributed by atoms with Gasteiger partial charge in [-0.2, -0.15) is 0 Å². The standard InChI is InChI=1S/C11H23N3O2/c1-9(2)8-13-11(16)10(15)12-6-5-7-14(3)4/h9H,5-8H2,1-4H3,(H,12,15)(H,13,16). The van der Waals surface area contributed by atoms with E-state index in [4.69, 9.17) is 0 Å². The molecule has 0 aromatic heterocycles. The van der Waals surface area contributed by atoms with Crippen molar-refractivity contribution >= 4 is 11.8 Å². The molecule has 0 aromatic rings. The van der Waals surface area contributed by atoms with Crippen LogP contribution in [0.4, 0.5) is 0 Å². The molecule has 0 radical (unpaired) electrons. The molecule has 0 atom stereocenters. The summed E-state index contributed by atoms with van der Waals surface area (Å²) in [6.45, 7) is 5.93. The number of hydrogen-bond acceptors (Lipinski definition) is 3. The first kappa shape index (κ1) is 14.9. The minimum absolute atomic E-state index is 0.352. The summed E-state index contributed by atoms with van der Waals surface area (Å²) in [7, 11) is 3.94. The maximum Gasteiger partial charge on any atom is 0.309 e. The van der Waals surface area contributed by atoms with Crippen molar-refractivity contribution in [3.05, 3.63) is 0 Å². The third-order valence-electron chi connectivity index (χ3n) is 1.94. The smallest absolute Gasteiger partial charge is 0.309 e. The van der Waals surface area contributed by atoms with E-state index in [1.807, 2.05) is 32.8 Å². The Morgan fingerprint density at radius 1 is 1.12 bits per heavy atom. The Balaban J connectivity index is 3.60. The van der Waals surface area contributed by atoms with E-state index in [9.17, 15) is 9.59 Å². The molecule has 0 bridgehead atoms. The minimum atomic E-state index is -0.543. The molecule has 5 heteroatoms. The monoisotopic (exact) mass is 229 g/mol. The van der Waals surface area contributed by atoms with Crippen LogP contribution >= 0.6 is 0 Å². The van der Waals surface area contributed by atoms with Crippen LogP contribution in [0.15, 0.2) is 0 Å². The van der Waals surface area contributed by atoms with Crippen molar-refractivity contribution in [3.8, 4) is 0 Å². The average Bonchev–Trinajstić information content (AvgIpc) is 2.20. The van der Waals surface area contributed by atoms with E-state index in [1.165, 1.54) is 0 Å². The van der Waals surface area contributed by atoms with E-state index in [2.05, 4.69) is 10.6 Å². The van der Waals surface area contributed by atoms with Crippen molar-refractivity contribution in [2.75, 3.05) is 33.7 Å². The summed E-state index contributed by atoms with van der Waals surface area (Å²) >= 11 is 0. The van der Waals surface area contributed by atoms with Gasteiger partial charge in [0.2, 0.25) is 0 Å². The van der Waals surface area contributed by atoms with Gasteiger partial charge in [0.25, 0.3) is 0 Å². The van der Waals surface area contributed by atoms with Crippen molar-refractivity contribution < 1.29 is 9.59 Å². The summed E-state index contributed by atoms with van der Waals surface area (Å²) in [5.41, 5.74) is 0. The first-order chi connectivity index (χ1) is 7.43. The Morgan fingerprint density at radius 3 is 2.19 bits per heavy atom. The molecule has 5 nitrogen and oxygen atoms in total. The van der Waals surface area contributed by atoms with Gasteiger partial charge in [-0.3, -0.25) is 9.59 Å². The largest absolute Gasteiger partial charge is 0.348 e. The molecule has 0 aliphatic heterocycles. The fourth-order valence-corrected chi connectivity index (χ4v) is 1.05. The van der Waals surface area contributed by atoms with E-state index < -0.39 is 11.8 Å². The van der Waals surface area contributed by atoms with Crippen molar-refractivity contribution in [2.24, 2.45) is 5.92 Å². The molecular weight excluding hydrogens is 206 g/mol. The molecule has 0 saturated heterocycles. The molecule has 0 saturated carbocycles. The number of nitrogens with one attached hydrogen (secondary N) is 2. The Morgan fingerprint density at radius 2 is 1.69 bits per heavy atom. The lowest BCUT2D eigenvalue weighted by Crippen LogP contribution is -2.41. The molecule has 0 aliphatic rings. The van der Waals surface area contributed by atoms with Crippen LogP contribution in [0.1, 0.15) is 20.3 Å². The number of rotatable bonds is 6. The van der Waals surface area contributed by atoms with Gasteiger partial charge in [-0.1, -0.05) is 13.8 Å². The summed E-state index contributed by atoms with van der Waals surface area (Å²) in [6, 6.07) is 0. The predicted octanol–water partition coefficient (Wildman–Crippen LogP) is -0.173. The predicted molar refractivity (Wildman–Crippen MR) is 64.0 cm³/mol. The van der Waals surface area contributed by atoms with Gasteiger partial charge in [0.15, 0.2) is 0 Å². The zero-order valence-corrected chi connectivity index (χ0v) is 10.7. The van der Waals surface area contributed by atoms with Gasteiger partial charge in [-0.15, -0.1) is 0 Å². The third-order valence-corrected chi connectivity index (χ3v) is 1.94.